The molecule has 1 aliphatic carbocycles. The van der Waals surface area contributed by atoms with E-state index < -0.39 is 10.8 Å². The first-order chi connectivity index (χ1) is 11.7. The number of hydrogen-bond acceptors (Lipinski definition) is 4. The summed E-state index contributed by atoms with van der Waals surface area (Å²) in [5.41, 5.74) is 0.652. The smallest absolute Gasteiger partial charge is 0.236 e. The molecule has 6 heteroatoms. The molecule has 2 aliphatic rings. The molecule has 1 N–H and O–H groups in total. The summed E-state index contributed by atoms with van der Waals surface area (Å²) in [5, 5.41) is 2.81. The monoisotopic (exact) mass is 351 g/mol. The van der Waals surface area contributed by atoms with Crippen LogP contribution in [0.25, 0.3) is 0 Å². The molecule has 24 heavy (non-hydrogen) atoms. The molecule has 0 spiro atoms. The van der Waals surface area contributed by atoms with E-state index in [0.29, 0.717) is 42.1 Å². The van der Waals surface area contributed by atoms with E-state index in [1.54, 1.807) is 18.2 Å². The lowest BCUT2D eigenvalue weighted by Gasteiger charge is -2.20. The van der Waals surface area contributed by atoms with Gasteiger partial charge in [-0.2, -0.15) is 0 Å². The van der Waals surface area contributed by atoms with Gasteiger partial charge in [-0.05, 0) is 30.9 Å². The minimum atomic E-state index is -1.09. The van der Waals surface area contributed by atoms with Gasteiger partial charge in [-0.25, -0.2) is 0 Å². The standard InChI is InChI=1S/C18H25NO4S/c20-18(13-24(21)12-14-5-2-1-3-6-14)19-15-7-8-16-17(11-15)23-10-4-9-22-16/h7-8,11,14H,1-6,9-10,12-13H2,(H,19,20)/t24-/m1/s1. The van der Waals surface area contributed by atoms with Crippen LogP contribution in [0.3, 0.4) is 0 Å². The summed E-state index contributed by atoms with van der Waals surface area (Å²) in [6.07, 6.45) is 6.88. The van der Waals surface area contributed by atoms with Crippen LogP contribution >= 0.6 is 0 Å². The Bertz CT molecular complexity index is 599. The normalized spacial score (nSPS) is 19.3. The van der Waals surface area contributed by atoms with E-state index in [1.165, 1.54) is 19.3 Å². The Morgan fingerprint density at radius 3 is 2.62 bits per heavy atom. The molecule has 1 saturated carbocycles. The van der Waals surface area contributed by atoms with Crippen LogP contribution in [0.15, 0.2) is 18.2 Å². The van der Waals surface area contributed by atoms with Crippen molar-refractivity contribution in [2.45, 2.75) is 38.5 Å². The largest absolute Gasteiger partial charge is 0.490 e. The van der Waals surface area contributed by atoms with Crippen LogP contribution < -0.4 is 14.8 Å². The van der Waals surface area contributed by atoms with E-state index in [9.17, 15) is 9.00 Å². The van der Waals surface area contributed by atoms with Crippen LogP contribution in [-0.4, -0.2) is 34.8 Å². The zero-order valence-corrected chi connectivity index (χ0v) is 14.7. The molecular weight excluding hydrogens is 326 g/mol. The molecule has 3 rings (SSSR count). The van der Waals surface area contributed by atoms with Crippen LogP contribution in [0.4, 0.5) is 5.69 Å². The first-order valence-electron chi connectivity index (χ1n) is 8.75. The highest BCUT2D eigenvalue weighted by Crippen LogP contribution is 2.32. The van der Waals surface area contributed by atoms with Gasteiger partial charge in [0.2, 0.25) is 5.91 Å². The second kappa shape index (κ2) is 8.51. The lowest BCUT2D eigenvalue weighted by Crippen LogP contribution is -2.24. The lowest BCUT2D eigenvalue weighted by molar-refractivity contribution is -0.113. The van der Waals surface area contributed by atoms with Crippen molar-refractivity contribution in [1.82, 2.24) is 0 Å². The van der Waals surface area contributed by atoms with E-state index in [4.69, 9.17) is 9.47 Å². The molecule has 0 aromatic heterocycles. The second-order valence-electron chi connectivity index (χ2n) is 6.52. The maximum absolute atomic E-state index is 12.2. The number of carbonyl (C=O) groups is 1. The van der Waals surface area contributed by atoms with Crippen molar-refractivity contribution in [3.63, 3.8) is 0 Å². The van der Waals surface area contributed by atoms with Gasteiger partial charge in [-0.1, -0.05) is 19.3 Å². The summed E-state index contributed by atoms with van der Waals surface area (Å²) in [5.74, 6) is 2.36. The van der Waals surface area contributed by atoms with E-state index in [0.717, 1.165) is 19.3 Å². The van der Waals surface area contributed by atoms with Crippen LogP contribution in [0.2, 0.25) is 0 Å². The Morgan fingerprint density at radius 1 is 1.08 bits per heavy atom. The number of carbonyl (C=O) groups excluding carboxylic acids is 1. The molecule has 1 aliphatic heterocycles. The van der Waals surface area contributed by atoms with Crippen molar-refractivity contribution < 1.29 is 18.5 Å². The first kappa shape index (κ1) is 17.3. The molecule has 0 radical (unpaired) electrons. The highest BCUT2D eigenvalue weighted by atomic mass is 32.2. The van der Waals surface area contributed by atoms with Crippen molar-refractivity contribution in [2.75, 3.05) is 30.0 Å². The predicted octanol–water partition coefficient (Wildman–Crippen LogP) is 3.12. The van der Waals surface area contributed by atoms with E-state index in [-0.39, 0.29) is 11.7 Å². The number of nitrogens with one attached hydrogen (secondary N) is 1. The van der Waals surface area contributed by atoms with Gasteiger partial charge in [0.05, 0.1) is 13.2 Å². The highest BCUT2D eigenvalue weighted by molar-refractivity contribution is 7.85. The summed E-state index contributed by atoms with van der Waals surface area (Å²) < 4.78 is 23.4. The van der Waals surface area contributed by atoms with Gasteiger partial charge in [0, 0.05) is 34.7 Å². The molecule has 1 aromatic rings. The van der Waals surface area contributed by atoms with E-state index >= 15 is 0 Å². The fourth-order valence-corrected chi connectivity index (χ4v) is 4.60. The maximum atomic E-state index is 12.2. The van der Waals surface area contributed by atoms with Crippen molar-refractivity contribution >= 4 is 22.4 Å². The molecule has 1 fully saturated rings. The number of amides is 1. The third kappa shape index (κ3) is 4.97. The molecule has 1 amide bonds. The van der Waals surface area contributed by atoms with Gasteiger partial charge in [0.25, 0.3) is 0 Å². The van der Waals surface area contributed by atoms with Crippen LogP contribution in [0, 0.1) is 5.92 Å². The molecule has 1 aromatic carbocycles. The minimum absolute atomic E-state index is 0.0605. The predicted molar refractivity (Wildman–Crippen MR) is 95.1 cm³/mol. The summed E-state index contributed by atoms with van der Waals surface area (Å²) in [7, 11) is -1.09. The number of fused-ring (bicyclic) bond motifs is 1. The third-order valence-electron chi connectivity index (χ3n) is 4.47. The van der Waals surface area contributed by atoms with Gasteiger partial charge in [-0.15, -0.1) is 0 Å². The summed E-state index contributed by atoms with van der Waals surface area (Å²) >= 11 is 0. The van der Waals surface area contributed by atoms with Crippen molar-refractivity contribution in [2.24, 2.45) is 5.92 Å². The zero-order valence-electron chi connectivity index (χ0n) is 13.9. The Labute approximate surface area is 145 Å². The summed E-state index contributed by atoms with van der Waals surface area (Å²) in [4.78, 5) is 12.1. The number of anilines is 1. The number of benzene rings is 1. The Balaban J connectivity index is 1.51. The summed E-state index contributed by atoms with van der Waals surface area (Å²) in [6, 6.07) is 5.35. The molecule has 1 heterocycles. The van der Waals surface area contributed by atoms with Gasteiger partial charge >= 0.3 is 0 Å². The molecule has 1 atom stereocenters. The topological polar surface area (TPSA) is 64.6 Å². The number of ether oxygens (including phenoxy) is 2. The Morgan fingerprint density at radius 2 is 1.83 bits per heavy atom. The Kier molecular flexibility index (Phi) is 6.12. The molecule has 5 nitrogen and oxygen atoms in total. The molecule has 0 bridgehead atoms. The quantitative estimate of drug-likeness (QED) is 0.885. The van der Waals surface area contributed by atoms with Crippen LogP contribution in [-0.2, 0) is 15.6 Å². The average Bonchev–Trinajstić information content (AvgIpc) is 2.80. The highest BCUT2D eigenvalue weighted by Gasteiger charge is 2.18. The van der Waals surface area contributed by atoms with Crippen LogP contribution in [0.1, 0.15) is 38.5 Å². The van der Waals surface area contributed by atoms with Crippen molar-refractivity contribution in [1.29, 1.82) is 0 Å². The zero-order chi connectivity index (χ0) is 16.8. The molecular formula is C18H25NO4S. The minimum Gasteiger partial charge on any atom is -0.490 e. The molecule has 0 unspecified atom stereocenters. The maximum Gasteiger partial charge on any atom is 0.236 e. The van der Waals surface area contributed by atoms with Gasteiger partial charge < -0.3 is 14.8 Å². The van der Waals surface area contributed by atoms with Gasteiger partial charge in [-0.3, -0.25) is 9.00 Å². The molecule has 132 valence electrons. The fraction of sp³-hybridized carbons (Fsp3) is 0.611. The fourth-order valence-electron chi connectivity index (χ4n) is 3.26. The first-order valence-corrected chi connectivity index (χ1v) is 10.2. The lowest BCUT2D eigenvalue weighted by atomic mass is 9.91. The van der Waals surface area contributed by atoms with E-state index in [2.05, 4.69) is 5.32 Å². The number of rotatable bonds is 5. The SMILES string of the molecule is O=C(C[S@](=O)CC1CCCCC1)Nc1ccc2c(c1)OCCCO2. The van der Waals surface area contributed by atoms with Gasteiger partial charge in [0.1, 0.15) is 5.75 Å². The van der Waals surface area contributed by atoms with Crippen molar-refractivity contribution in [3.8, 4) is 11.5 Å². The molecule has 0 saturated heterocycles. The second-order valence-corrected chi connectivity index (χ2v) is 8.02. The van der Waals surface area contributed by atoms with Crippen LogP contribution in [0.5, 0.6) is 11.5 Å². The Hall–Kier alpha value is -1.56. The van der Waals surface area contributed by atoms with E-state index in [1.807, 2.05) is 0 Å². The van der Waals surface area contributed by atoms with Gasteiger partial charge in [0.15, 0.2) is 11.5 Å². The third-order valence-corrected chi connectivity index (χ3v) is 5.90. The summed E-state index contributed by atoms with van der Waals surface area (Å²) in [6.45, 7) is 1.24. The van der Waals surface area contributed by atoms with Crippen molar-refractivity contribution in [3.05, 3.63) is 18.2 Å². The average molecular weight is 351 g/mol. The number of hydrogen-bond donors (Lipinski definition) is 1.